The van der Waals surface area contributed by atoms with Crippen molar-refractivity contribution in [1.82, 2.24) is 4.98 Å². The Morgan fingerprint density at radius 2 is 1.95 bits per heavy atom. The summed E-state index contributed by atoms with van der Waals surface area (Å²) < 4.78 is 5.48. The summed E-state index contributed by atoms with van der Waals surface area (Å²) in [5.74, 6) is 0.843. The van der Waals surface area contributed by atoms with Crippen LogP contribution in [0.15, 0.2) is 42.7 Å². The second-order valence-electron chi connectivity index (χ2n) is 5.05. The fourth-order valence-corrected chi connectivity index (χ4v) is 2.52. The number of nitrogens with two attached hydrogens (primary N) is 1. The summed E-state index contributed by atoms with van der Waals surface area (Å²) >= 11 is 0. The van der Waals surface area contributed by atoms with Crippen LogP contribution in [0.1, 0.15) is 31.0 Å². The molecule has 4 nitrogen and oxygen atoms in total. The lowest BCUT2D eigenvalue weighted by Crippen LogP contribution is -2.25. The van der Waals surface area contributed by atoms with Crippen LogP contribution in [0, 0.1) is 0 Å². The molecule has 1 aromatic heterocycles. The maximum atomic E-state index is 6.16. The first-order valence-electron chi connectivity index (χ1n) is 7.23. The van der Waals surface area contributed by atoms with Crippen LogP contribution < -0.4 is 15.4 Å². The van der Waals surface area contributed by atoms with E-state index < -0.39 is 0 Å². The third-order valence-electron chi connectivity index (χ3n) is 3.56. The van der Waals surface area contributed by atoms with Crippen LogP contribution in [0.2, 0.25) is 0 Å². The van der Waals surface area contributed by atoms with Crippen LogP contribution in [0.25, 0.3) is 0 Å². The zero-order valence-electron chi connectivity index (χ0n) is 12.9. The first kappa shape index (κ1) is 15.3. The summed E-state index contributed by atoms with van der Waals surface area (Å²) in [6, 6.07) is 10.1. The molecule has 2 aromatic rings. The lowest BCUT2D eigenvalue weighted by atomic mass is 10.0. The molecule has 0 aliphatic heterocycles. The topological polar surface area (TPSA) is 51.4 Å². The maximum Gasteiger partial charge on any atom is 0.125 e. The maximum absolute atomic E-state index is 6.16. The lowest BCUT2D eigenvalue weighted by molar-refractivity contribution is 0.407. The number of hydrogen-bond donors (Lipinski definition) is 1. The number of aromatic nitrogens is 1. The van der Waals surface area contributed by atoms with E-state index in [0.717, 1.165) is 30.1 Å². The lowest BCUT2D eigenvalue weighted by Gasteiger charge is -2.28. The van der Waals surface area contributed by atoms with E-state index in [1.807, 2.05) is 43.6 Å². The highest BCUT2D eigenvalue weighted by Gasteiger charge is 2.17. The Labute approximate surface area is 126 Å². The minimum Gasteiger partial charge on any atom is -0.496 e. The molecule has 2 rings (SSSR count). The smallest absolute Gasteiger partial charge is 0.125 e. The number of ether oxygens (including phenoxy) is 1. The van der Waals surface area contributed by atoms with Gasteiger partial charge in [0.05, 0.1) is 7.11 Å². The van der Waals surface area contributed by atoms with Gasteiger partial charge in [0.2, 0.25) is 0 Å². The Bertz CT molecular complexity index is 570. The van der Waals surface area contributed by atoms with E-state index in [-0.39, 0.29) is 6.04 Å². The van der Waals surface area contributed by atoms with E-state index in [4.69, 9.17) is 10.5 Å². The largest absolute Gasteiger partial charge is 0.496 e. The molecule has 0 radical (unpaired) electrons. The third-order valence-corrected chi connectivity index (χ3v) is 3.56. The Hall–Kier alpha value is -2.07. The summed E-state index contributed by atoms with van der Waals surface area (Å²) in [5.41, 5.74) is 9.57. The number of pyridine rings is 1. The quantitative estimate of drug-likeness (QED) is 0.886. The van der Waals surface area contributed by atoms with Crippen molar-refractivity contribution in [2.75, 3.05) is 18.6 Å². The van der Waals surface area contributed by atoms with Crippen LogP contribution >= 0.6 is 0 Å². The van der Waals surface area contributed by atoms with Gasteiger partial charge in [0.15, 0.2) is 0 Å². The number of benzene rings is 1. The van der Waals surface area contributed by atoms with Gasteiger partial charge in [-0.05, 0) is 43.7 Å². The molecular formula is C17H23N3O. The fraction of sp³-hybridized carbons (Fsp3) is 0.353. The van der Waals surface area contributed by atoms with Crippen LogP contribution in [-0.2, 0) is 6.54 Å². The van der Waals surface area contributed by atoms with Crippen molar-refractivity contribution in [2.45, 2.75) is 26.4 Å². The number of hydrogen-bond acceptors (Lipinski definition) is 4. The number of nitrogens with zero attached hydrogens (tertiary/aromatic N) is 2. The van der Waals surface area contributed by atoms with Gasteiger partial charge in [-0.3, -0.25) is 4.98 Å². The fourth-order valence-electron chi connectivity index (χ4n) is 2.52. The minimum atomic E-state index is -0.0809. The molecule has 1 aromatic carbocycles. The van der Waals surface area contributed by atoms with Gasteiger partial charge in [-0.15, -0.1) is 0 Å². The van der Waals surface area contributed by atoms with E-state index in [0.29, 0.717) is 0 Å². The molecule has 0 saturated carbocycles. The van der Waals surface area contributed by atoms with Crippen molar-refractivity contribution in [3.05, 3.63) is 53.9 Å². The molecule has 1 heterocycles. The second-order valence-corrected chi connectivity index (χ2v) is 5.05. The molecule has 0 amide bonds. The number of methoxy groups -OCH3 is 1. The molecule has 112 valence electrons. The zero-order chi connectivity index (χ0) is 15.2. The molecule has 0 fully saturated rings. The molecule has 0 aliphatic rings. The van der Waals surface area contributed by atoms with Gasteiger partial charge in [0.25, 0.3) is 0 Å². The Balaban J connectivity index is 2.38. The Morgan fingerprint density at radius 3 is 2.52 bits per heavy atom. The molecule has 0 spiro atoms. The van der Waals surface area contributed by atoms with Crippen LogP contribution in [0.4, 0.5) is 5.69 Å². The van der Waals surface area contributed by atoms with Crippen molar-refractivity contribution in [1.29, 1.82) is 0 Å². The molecule has 1 atom stereocenters. The van der Waals surface area contributed by atoms with Gasteiger partial charge in [-0.1, -0.05) is 6.07 Å². The predicted molar refractivity (Wildman–Crippen MR) is 86.6 cm³/mol. The molecule has 0 saturated heterocycles. The van der Waals surface area contributed by atoms with E-state index in [9.17, 15) is 0 Å². The summed E-state index contributed by atoms with van der Waals surface area (Å²) in [6.07, 6.45) is 3.64. The van der Waals surface area contributed by atoms with Crippen LogP contribution in [-0.4, -0.2) is 18.6 Å². The minimum absolute atomic E-state index is 0.0809. The SMILES string of the molecule is CCN(Cc1ccncc1)c1cccc(OC)c1C(C)N. The molecule has 0 aliphatic carbocycles. The second kappa shape index (κ2) is 7.09. The first-order valence-corrected chi connectivity index (χ1v) is 7.23. The molecule has 2 N–H and O–H groups in total. The normalized spacial score (nSPS) is 12.0. The molecule has 21 heavy (non-hydrogen) atoms. The highest BCUT2D eigenvalue weighted by atomic mass is 16.5. The molecular weight excluding hydrogens is 262 g/mol. The summed E-state index contributed by atoms with van der Waals surface area (Å²) in [7, 11) is 1.68. The van der Waals surface area contributed by atoms with Gasteiger partial charge in [-0.25, -0.2) is 0 Å². The molecule has 1 unspecified atom stereocenters. The van der Waals surface area contributed by atoms with Crippen LogP contribution in [0.3, 0.4) is 0 Å². The van der Waals surface area contributed by atoms with Crippen molar-refractivity contribution in [2.24, 2.45) is 5.73 Å². The Kier molecular flexibility index (Phi) is 5.17. The van der Waals surface area contributed by atoms with Gasteiger partial charge >= 0.3 is 0 Å². The van der Waals surface area contributed by atoms with Crippen LogP contribution in [0.5, 0.6) is 5.75 Å². The van der Waals surface area contributed by atoms with Crippen molar-refractivity contribution < 1.29 is 4.74 Å². The predicted octanol–water partition coefficient (Wildman–Crippen LogP) is 3.14. The van der Waals surface area contributed by atoms with Crippen molar-refractivity contribution in [3.63, 3.8) is 0 Å². The first-order chi connectivity index (χ1) is 10.2. The highest BCUT2D eigenvalue weighted by molar-refractivity contribution is 5.61. The van der Waals surface area contributed by atoms with E-state index >= 15 is 0 Å². The number of anilines is 1. The number of rotatable bonds is 6. The summed E-state index contributed by atoms with van der Waals surface area (Å²) in [5, 5.41) is 0. The van der Waals surface area contributed by atoms with Gasteiger partial charge in [-0.2, -0.15) is 0 Å². The monoisotopic (exact) mass is 285 g/mol. The van der Waals surface area contributed by atoms with Gasteiger partial charge < -0.3 is 15.4 Å². The van der Waals surface area contributed by atoms with Crippen molar-refractivity contribution >= 4 is 5.69 Å². The molecule has 4 heteroatoms. The highest BCUT2D eigenvalue weighted by Crippen LogP contribution is 2.34. The standard InChI is InChI=1S/C17H23N3O/c1-4-20(12-14-8-10-19-11-9-14)15-6-5-7-16(21-3)17(15)13(2)18/h5-11,13H,4,12,18H2,1-3H3. The average Bonchev–Trinajstić information content (AvgIpc) is 2.52. The summed E-state index contributed by atoms with van der Waals surface area (Å²) in [6.45, 7) is 5.86. The zero-order valence-corrected chi connectivity index (χ0v) is 12.9. The van der Waals surface area contributed by atoms with Gasteiger partial charge in [0, 0.05) is 42.8 Å². The third kappa shape index (κ3) is 3.52. The van der Waals surface area contributed by atoms with Gasteiger partial charge in [0.1, 0.15) is 5.75 Å². The van der Waals surface area contributed by atoms with E-state index in [1.165, 1.54) is 5.56 Å². The average molecular weight is 285 g/mol. The van der Waals surface area contributed by atoms with E-state index in [2.05, 4.69) is 22.9 Å². The molecule has 0 bridgehead atoms. The summed E-state index contributed by atoms with van der Waals surface area (Å²) in [4.78, 5) is 6.37. The van der Waals surface area contributed by atoms with E-state index in [1.54, 1.807) is 7.11 Å². The Morgan fingerprint density at radius 1 is 1.24 bits per heavy atom. The van der Waals surface area contributed by atoms with Crippen molar-refractivity contribution in [3.8, 4) is 5.75 Å².